The Morgan fingerprint density at radius 3 is 1.44 bits per heavy atom. The number of carbonyl (C=O) groups is 2. The Morgan fingerprint density at radius 1 is 0.800 bits per heavy atom. The van der Waals surface area contributed by atoms with E-state index in [9.17, 15) is 19.8 Å². The largest absolute Gasteiger partial charge is 0.506 e. The fraction of sp³-hybridized carbons (Fsp3) is 0.263. The summed E-state index contributed by atoms with van der Waals surface area (Å²) in [6, 6.07) is 10.1. The molecule has 2 aromatic carbocycles. The molecule has 25 heavy (non-hydrogen) atoms. The molecule has 6 nitrogen and oxygen atoms in total. The van der Waals surface area contributed by atoms with E-state index in [1.54, 1.807) is 24.3 Å². The fourth-order valence-electron chi connectivity index (χ4n) is 2.60. The molecule has 132 valence electrons. The molecule has 0 aliphatic carbocycles. The average molecular weight is 342 g/mol. The van der Waals surface area contributed by atoms with Crippen molar-refractivity contribution >= 4 is 23.2 Å². The molecule has 4 N–H and O–H groups in total. The number of carbonyl (C=O) groups excluding carboxylic acids is 2. The SMILES string of the molecule is CC(=O)Nc1ccc(C(C)(C)c2ccc(NC(C)=O)c(O)c2)cc1O. The minimum Gasteiger partial charge on any atom is -0.506 e. The van der Waals surface area contributed by atoms with Gasteiger partial charge in [0.2, 0.25) is 11.8 Å². The van der Waals surface area contributed by atoms with Crippen LogP contribution in [-0.2, 0) is 15.0 Å². The van der Waals surface area contributed by atoms with Crippen LogP contribution in [0.5, 0.6) is 11.5 Å². The second-order valence-electron chi connectivity index (χ2n) is 6.45. The number of phenols is 2. The van der Waals surface area contributed by atoms with E-state index in [2.05, 4.69) is 10.6 Å². The number of benzene rings is 2. The van der Waals surface area contributed by atoms with Crippen molar-refractivity contribution in [1.82, 2.24) is 0 Å². The van der Waals surface area contributed by atoms with E-state index in [-0.39, 0.29) is 23.3 Å². The van der Waals surface area contributed by atoms with Crippen LogP contribution in [0.3, 0.4) is 0 Å². The van der Waals surface area contributed by atoms with Crippen LogP contribution in [0.4, 0.5) is 11.4 Å². The van der Waals surface area contributed by atoms with Crippen LogP contribution in [0.25, 0.3) is 0 Å². The molecule has 0 aliphatic rings. The van der Waals surface area contributed by atoms with Crippen LogP contribution < -0.4 is 10.6 Å². The van der Waals surface area contributed by atoms with Crippen molar-refractivity contribution < 1.29 is 19.8 Å². The summed E-state index contributed by atoms with van der Waals surface area (Å²) in [5.41, 5.74) is 1.79. The minimum atomic E-state index is -0.515. The van der Waals surface area contributed by atoms with E-state index in [0.717, 1.165) is 11.1 Å². The maximum absolute atomic E-state index is 11.1. The first-order chi connectivity index (χ1) is 11.6. The quantitative estimate of drug-likeness (QED) is 0.640. The van der Waals surface area contributed by atoms with Gasteiger partial charge in [0.05, 0.1) is 11.4 Å². The van der Waals surface area contributed by atoms with Crippen molar-refractivity contribution in [2.45, 2.75) is 33.1 Å². The van der Waals surface area contributed by atoms with Gasteiger partial charge in [0, 0.05) is 19.3 Å². The van der Waals surface area contributed by atoms with Crippen LogP contribution >= 0.6 is 0 Å². The van der Waals surface area contributed by atoms with Crippen molar-refractivity contribution in [1.29, 1.82) is 0 Å². The Bertz CT molecular complexity index is 761. The van der Waals surface area contributed by atoms with Gasteiger partial charge in [-0.05, 0) is 35.4 Å². The van der Waals surface area contributed by atoms with Gasteiger partial charge in [-0.25, -0.2) is 0 Å². The first kappa shape index (κ1) is 18.3. The van der Waals surface area contributed by atoms with E-state index < -0.39 is 5.41 Å². The molecule has 0 saturated heterocycles. The third kappa shape index (κ3) is 4.09. The van der Waals surface area contributed by atoms with E-state index in [1.165, 1.54) is 13.8 Å². The lowest BCUT2D eigenvalue weighted by molar-refractivity contribution is -0.115. The molecule has 2 aromatic rings. The molecule has 0 unspecified atom stereocenters. The second kappa shape index (κ2) is 6.84. The van der Waals surface area contributed by atoms with Crippen LogP contribution in [0, 0.1) is 0 Å². The zero-order valence-corrected chi connectivity index (χ0v) is 14.7. The number of rotatable bonds is 4. The number of hydrogen-bond acceptors (Lipinski definition) is 4. The fourth-order valence-corrected chi connectivity index (χ4v) is 2.60. The van der Waals surface area contributed by atoms with Crippen molar-refractivity contribution in [2.75, 3.05) is 10.6 Å². The topological polar surface area (TPSA) is 98.7 Å². The molecular weight excluding hydrogens is 320 g/mol. The number of aromatic hydroxyl groups is 2. The summed E-state index contributed by atoms with van der Waals surface area (Å²) in [4.78, 5) is 22.3. The molecule has 6 heteroatoms. The van der Waals surface area contributed by atoms with E-state index in [1.807, 2.05) is 26.0 Å². The van der Waals surface area contributed by atoms with E-state index in [0.29, 0.717) is 11.4 Å². The predicted octanol–water partition coefficient (Wildman–Crippen LogP) is 3.34. The Kier molecular flexibility index (Phi) is 5.02. The van der Waals surface area contributed by atoms with Crippen molar-refractivity contribution in [3.05, 3.63) is 47.5 Å². The maximum Gasteiger partial charge on any atom is 0.221 e. The highest BCUT2D eigenvalue weighted by Gasteiger charge is 2.25. The summed E-state index contributed by atoms with van der Waals surface area (Å²) in [5.74, 6) is -0.582. The van der Waals surface area contributed by atoms with Gasteiger partial charge in [-0.15, -0.1) is 0 Å². The molecule has 0 aliphatic heterocycles. The number of amides is 2. The van der Waals surface area contributed by atoms with Gasteiger partial charge in [-0.3, -0.25) is 9.59 Å². The Labute approximate surface area is 146 Å². The standard InChI is InChI=1S/C19H22N2O4/c1-11(22)20-15-7-5-13(9-17(15)24)19(3,4)14-6-8-16(18(25)10-14)21-12(2)23/h5-10,24-25H,1-4H3,(H,20,22)(H,21,23). The Morgan fingerprint density at radius 2 is 1.16 bits per heavy atom. The van der Waals surface area contributed by atoms with E-state index >= 15 is 0 Å². The third-order valence-electron chi connectivity index (χ3n) is 4.06. The second-order valence-corrected chi connectivity index (χ2v) is 6.45. The summed E-state index contributed by atoms with van der Waals surface area (Å²) < 4.78 is 0. The molecule has 0 saturated carbocycles. The Balaban J connectivity index is 2.38. The molecule has 0 atom stereocenters. The molecule has 0 fully saturated rings. The summed E-state index contributed by atoms with van der Waals surface area (Å²) in [5, 5.41) is 25.4. The molecule has 0 spiro atoms. The first-order valence-corrected chi connectivity index (χ1v) is 7.83. The smallest absolute Gasteiger partial charge is 0.221 e. The predicted molar refractivity (Wildman–Crippen MR) is 96.9 cm³/mol. The maximum atomic E-state index is 11.1. The molecule has 0 heterocycles. The van der Waals surface area contributed by atoms with Crippen molar-refractivity contribution in [2.24, 2.45) is 0 Å². The van der Waals surface area contributed by atoms with Crippen LogP contribution in [0.2, 0.25) is 0 Å². The van der Waals surface area contributed by atoms with Gasteiger partial charge in [0.15, 0.2) is 0 Å². The first-order valence-electron chi connectivity index (χ1n) is 7.83. The number of anilines is 2. The van der Waals surface area contributed by atoms with Gasteiger partial charge in [-0.2, -0.15) is 0 Å². The molecule has 2 rings (SSSR count). The van der Waals surface area contributed by atoms with Gasteiger partial charge in [0.1, 0.15) is 11.5 Å². The highest BCUT2D eigenvalue weighted by Crippen LogP contribution is 2.38. The van der Waals surface area contributed by atoms with Gasteiger partial charge in [-0.1, -0.05) is 26.0 Å². The third-order valence-corrected chi connectivity index (χ3v) is 4.06. The van der Waals surface area contributed by atoms with Gasteiger partial charge < -0.3 is 20.8 Å². The minimum absolute atomic E-state index is 0.0279. The van der Waals surface area contributed by atoms with Crippen molar-refractivity contribution in [3.8, 4) is 11.5 Å². The normalized spacial score (nSPS) is 11.0. The van der Waals surface area contributed by atoms with Gasteiger partial charge >= 0.3 is 0 Å². The molecule has 2 amide bonds. The van der Waals surface area contributed by atoms with E-state index in [4.69, 9.17) is 0 Å². The average Bonchev–Trinajstić information content (AvgIpc) is 2.50. The molecule has 0 radical (unpaired) electrons. The number of hydrogen-bond donors (Lipinski definition) is 4. The molecule has 0 bridgehead atoms. The van der Waals surface area contributed by atoms with Gasteiger partial charge in [0.25, 0.3) is 0 Å². The van der Waals surface area contributed by atoms with Crippen LogP contribution in [0.15, 0.2) is 36.4 Å². The zero-order valence-electron chi connectivity index (χ0n) is 14.7. The summed E-state index contributed by atoms with van der Waals surface area (Å²) in [7, 11) is 0. The lowest BCUT2D eigenvalue weighted by atomic mass is 9.78. The lowest BCUT2D eigenvalue weighted by Crippen LogP contribution is -2.19. The molecular formula is C19H22N2O4. The zero-order chi connectivity index (χ0) is 18.8. The van der Waals surface area contributed by atoms with Crippen LogP contribution in [-0.4, -0.2) is 22.0 Å². The molecule has 0 aromatic heterocycles. The highest BCUT2D eigenvalue weighted by atomic mass is 16.3. The summed E-state index contributed by atoms with van der Waals surface area (Å²) in [6.07, 6.45) is 0. The lowest BCUT2D eigenvalue weighted by Gasteiger charge is -2.27. The number of phenolic OH excluding ortho intramolecular Hbond substituents is 2. The van der Waals surface area contributed by atoms with Crippen molar-refractivity contribution in [3.63, 3.8) is 0 Å². The summed E-state index contributed by atoms with van der Waals surface area (Å²) >= 11 is 0. The summed E-state index contributed by atoms with van der Waals surface area (Å²) in [6.45, 7) is 6.65. The monoisotopic (exact) mass is 342 g/mol. The number of nitrogens with one attached hydrogen (secondary N) is 2. The van der Waals surface area contributed by atoms with Crippen LogP contribution in [0.1, 0.15) is 38.8 Å². The highest BCUT2D eigenvalue weighted by molar-refractivity contribution is 5.91. The Hall–Kier alpha value is -3.02.